The lowest BCUT2D eigenvalue weighted by atomic mass is 9.95. The van der Waals surface area contributed by atoms with Gasteiger partial charge in [0.25, 0.3) is 0 Å². The first-order valence-electron chi connectivity index (χ1n) is 7.90. The molecule has 118 valence electrons. The number of hydrogen-bond acceptors (Lipinski definition) is 3. The lowest BCUT2D eigenvalue weighted by molar-refractivity contribution is 0.420. The van der Waals surface area contributed by atoms with Crippen LogP contribution in [0.4, 0.5) is 10.2 Å². The highest BCUT2D eigenvalue weighted by molar-refractivity contribution is 5.48. The fraction of sp³-hybridized carbons (Fsp3) is 0.706. The molecular formula is C17H28FN3. The highest BCUT2D eigenvalue weighted by Gasteiger charge is 2.27. The zero-order chi connectivity index (χ0) is 15.6. The first-order chi connectivity index (χ1) is 9.76. The van der Waals surface area contributed by atoms with Crippen molar-refractivity contribution in [2.45, 2.75) is 53.1 Å². The van der Waals surface area contributed by atoms with E-state index in [4.69, 9.17) is 0 Å². The topological polar surface area (TPSA) is 28.2 Å². The SMILES string of the molecule is CC(C)C1CCN(c2ncc(F)cc2CNC(C)(C)C)C1. The summed E-state index contributed by atoms with van der Waals surface area (Å²) in [5.41, 5.74) is 0.962. The van der Waals surface area contributed by atoms with Crippen molar-refractivity contribution in [2.24, 2.45) is 11.8 Å². The molecule has 0 bridgehead atoms. The lowest BCUT2D eigenvalue weighted by Crippen LogP contribution is -2.36. The second-order valence-electron chi connectivity index (χ2n) is 7.48. The third kappa shape index (κ3) is 4.40. The molecule has 1 saturated heterocycles. The van der Waals surface area contributed by atoms with Gasteiger partial charge in [0.2, 0.25) is 0 Å². The van der Waals surface area contributed by atoms with Crippen molar-refractivity contribution in [3.05, 3.63) is 23.6 Å². The fourth-order valence-corrected chi connectivity index (χ4v) is 2.77. The van der Waals surface area contributed by atoms with Crippen LogP contribution in [-0.2, 0) is 6.54 Å². The van der Waals surface area contributed by atoms with Crippen LogP contribution < -0.4 is 10.2 Å². The normalized spacial score (nSPS) is 19.6. The van der Waals surface area contributed by atoms with Gasteiger partial charge in [0.1, 0.15) is 11.6 Å². The molecule has 1 fully saturated rings. The molecule has 1 aliphatic heterocycles. The number of pyridine rings is 1. The molecule has 0 aliphatic carbocycles. The number of aromatic nitrogens is 1. The Balaban J connectivity index is 2.15. The Morgan fingerprint density at radius 1 is 1.43 bits per heavy atom. The smallest absolute Gasteiger partial charge is 0.141 e. The first kappa shape index (κ1) is 16.2. The largest absolute Gasteiger partial charge is 0.356 e. The van der Waals surface area contributed by atoms with Crippen LogP contribution in [0.3, 0.4) is 0 Å². The molecule has 1 aromatic heterocycles. The van der Waals surface area contributed by atoms with Crippen molar-refractivity contribution in [3.63, 3.8) is 0 Å². The molecule has 1 N–H and O–H groups in total. The van der Waals surface area contributed by atoms with Crippen molar-refractivity contribution in [3.8, 4) is 0 Å². The molecule has 0 aromatic carbocycles. The summed E-state index contributed by atoms with van der Waals surface area (Å²) in [5, 5.41) is 3.43. The third-order valence-electron chi connectivity index (χ3n) is 4.19. The lowest BCUT2D eigenvalue weighted by Gasteiger charge is -2.25. The van der Waals surface area contributed by atoms with Crippen molar-refractivity contribution >= 4 is 5.82 Å². The van der Waals surface area contributed by atoms with Gasteiger partial charge in [0.05, 0.1) is 6.20 Å². The second kappa shape index (κ2) is 6.30. The summed E-state index contributed by atoms with van der Waals surface area (Å²) < 4.78 is 13.6. The van der Waals surface area contributed by atoms with E-state index in [0.717, 1.165) is 24.5 Å². The molecule has 21 heavy (non-hydrogen) atoms. The average molecular weight is 293 g/mol. The number of halogens is 1. The van der Waals surface area contributed by atoms with Crippen molar-refractivity contribution < 1.29 is 4.39 Å². The van der Waals surface area contributed by atoms with Crippen molar-refractivity contribution in [2.75, 3.05) is 18.0 Å². The minimum absolute atomic E-state index is 0.00899. The standard InChI is InChI=1S/C17H28FN3/c1-12(2)13-6-7-21(11-13)16-14(8-15(18)10-19-16)9-20-17(3,4)5/h8,10,12-13,20H,6-7,9,11H2,1-5H3. The van der Waals surface area contributed by atoms with Crippen LogP contribution in [0.2, 0.25) is 0 Å². The first-order valence-corrected chi connectivity index (χ1v) is 7.90. The van der Waals surface area contributed by atoms with E-state index in [2.05, 4.69) is 49.8 Å². The quantitative estimate of drug-likeness (QED) is 0.919. The van der Waals surface area contributed by atoms with E-state index < -0.39 is 0 Å². The van der Waals surface area contributed by atoms with E-state index in [9.17, 15) is 4.39 Å². The second-order valence-corrected chi connectivity index (χ2v) is 7.48. The maximum atomic E-state index is 13.6. The summed E-state index contributed by atoms with van der Waals surface area (Å²) >= 11 is 0. The van der Waals surface area contributed by atoms with E-state index in [1.54, 1.807) is 6.07 Å². The highest BCUT2D eigenvalue weighted by Crippen LogP contribution is 2.29. The molecular weight excluding hydrogens is 265 g/mol. The predicted molar refractivity (Wildman–Crippen MR) is 85.9 cm³/mol. The van der Waals surface area contributed by atoms with Crippen molar-refractivity contribution in [1.82, 2.24) is 10.3 Å². The minimum atomic E-state index is -0.260. The van der Waals surface area contributed by atoms with Gasteiger partial charge in [-0.15, -0.1) is 0 Å². The summed E-state index contributed by atoms with van der Waals surface area (Å²) in [6.45, 7) is 13.6. The number of hydrogen-bond donors (Lipinski definition) is 1. The Morgan fingerprint density at radius 3 is 2.71 bits per heavy atom. The van der Waals surface area contributed by atoms with E-state index in [1.165, 1.54) is 12.6 Å². The molecule has 2 rings (SSSR count). The van der Waals surface area contributed by atoms with Gasteiger partial charge < -0.3 is 10.2 Å². The predicted octanol–water partition coefficient (Wildman–Crippen LogP) is 3.59. The van der Waals surface area contributed by atoms with E-state index in [1.807, 2.05) is 0 Å². The summed E-state index contributed by atoms with van der Waals surface area (Å²) in [5.74, 6) is 2.08. The molecule has 0 saturated carbocycles. The molecule has 0 spiro atoms. The molecule has 0 amide bonds. The van der Waals surface area contributed by atoms with Crippen LogP contribution in [0.15, 0.2) is 12.3 Å². The van der Waals surface area contributed by atoms with Crippen molar-refractivity contribution in [1.29, 1.82) is 0 Å². The Hall–Kier alpha value is -1.16. The van der Waals surface area contributed by atoms with E-state index in [-0.39, 0.29) is 11.4 Å². The molecule has 4 heteroatoms. The highest BCUT2D eigenvalue weighted by atomic mass is 19.1. The maximum absolute atomic E-state index is 13.6. The van der Waals surface area contributed by atoms with E-state index in [0.29, 0.717) is 18.4 Å². The van der Waals surface area contributed by atoms with Gasteiger partial charge in [0, 0.05) is 30.7 Å². The Labute approximate surface area is 127 Å². The third-order valence-corrected chi connectivity index (χ3v) is 4.19. The number of rotatable bonds is 4. The molecule has 3 nitrogen and oxygen atoms in total. The Kier molecular flexibility index (Phi) is 4.87. The number of nitrogens with one attached hydrogen (secondary N) is 1. The molecule has 0 radical (unpaired) electrons. The van der Waals surface area contributed by atoms with Gasteiger partial charge in [-0.05, 0) is 45.1 Å². The van der Waals surface area contributed by atoms with Crippen LogP contribution in [0.5, 0.6) is 0 Å². The summed E-state index contributed by atoms with van der Waals surface area (Å²) in [7, 11) is 0. The van der Waals surface area contributed by atoms with Gasteiger partial charge in [-0.25, -0.2) is 9.37 Å². The van der Waals surface area contributed by atoms with Gasteiger partial charge in [0.15, 0.2) is 0 Å². The summed E-state index contributed by atoms with van der Waals surface area (Å²) in [4.78, 5) is 6.67. The maximum Gasteiger partial charge on any atom is 0.141 e. The number of anilines is 1. The van der Waals surface area contributed by atoms with Gasteiger partial charge in [-0.2, -0.15) is 0 Å². The fourth-order valence-electron chi connectivity index (χ4n) is 2.77. The van der Waals surface area contributed by atoms with Crippen LogP contribution in [-0.4, -0.2) is 23.6 Å². The number of nitrogens with zero attached hydrogens (tertiary/aromatic N) is 2. The zero-order valence-electron chi connectivity index (χ0n) is 13.9. The molecule has 2 heterocycles. The molecule has 1 atom stereocenters. The van der Waals surface area contributed by atoms with Gasteiger partial charge in [-0.1, -0.05) is 13.8 Å². The summed E-state index contributed by atoms with van der Waals surface area (Å²) in [6.07, 6.45) is 2.53. The minimum Gasteiger partial charge on any atom is -0.356 e. The van der Waals surface area contributed by atoms with Gasteiger partial charge >= 0.3 is 0 Å². The molecule has 1 aliphatic rings. The van der Waals surface area contributed by atoms with Crippen LogP contribution >= 0.6 is 0 Å². The molecule has 1 aromatic rings. The average Bonchev–Trinajstić information content (AvgIpc) is 2.85. The van der Waals surface area contributed by atoms with E-state index >= 15 is 0 Å². The van der Waals surface area contributed by atoms with Crippen LogP contribution in [0, 0.1) is 17.7 Å². The molecule has 1 unspecified atom stereocenters. The van der Waals surface area contributed by atoms with Crippen LogP contribution in [0.25, 0.3) is 0 Å². The van der Waals surface area contributed by atoms with Gasteiger partial charge in [-0.3, -0.25) is 0 Å². The zero-order valence-corrected chi connectivity index (χ0v) is 13.9. The van der Waals surface area contributed by atoms with Crippen LogP contribution in [0.1, 0.15) is 46.6 Å². The monoisotopic (exact) mass is 293 g/mol. The summed E-state index contributed by atoms with van der Waals surface area (Å²) in [6, 6.07) is 1.61. The Morgan fingerprint density at radius 2 is 2.14 bits per heavy atom. The Bertz CT molecular complexity index is 479.